The van der Waals surface area contributed by atoms with Crippen LogP contribution in [-0.2, 0) is 14.8 Å². The third kappa shape index (κ3) is 3.74. The van der Waals surface area contributed by atoms with E-state index in [-0.39, 0.29) is 0 Å². The Labute approximate surface area is 97.9 Å². The van der Waals surface area contributed by atoms with Gasteiger partial charge in [-0.15, -0.1) is 11.8 Å². The zero-order valence-electron chi connectivity index (χ0n) is 8.50. The number of anilines is 1. The lowest BCUT2D eigenvalue weighted by atomic mass is 10.3. The summed E-state index contributed by atoms with van der Waals surface area (Å²) < 4.78 is 25.0. The first-order chi connectivity index (χ1) is 7.44. The van der Waals surface area contributed by atoms with Gasteiger partial charge >= 0.3 is 5.97 Å². The number of carbonyl (C=O) groups is 1. The van der Waals surface area contributed by atoms with Gasteiger partial charge in [0.05, 0.1) is 5.69 Å². The second kappa shape index (κ2) is 5.22. The van der Waals surface area contributed by atoms with Crippen LogP contribution in [0.5, 0.6) is 0 Å². The van der Waals surface area contributed by atoms with Crippen LogP contribution in [-0.4, -0.2) is 31.5 Å². The molecule has 0 heterocycles. The molecule has 1 rings (SSSR count). The predicted molar refractivity (Wildman–Crippen MR) is 63.3 cm³/mol. The Bertz CT molecular complexity index is 484. The summed E-state index contributed by atoms with van der Waals surface area (Å²) >= 11 is 1.38. The normalized spacial score (nSPS) is 11.1. The molecular formula is C9H11NO4S2. The van der Waals surface area contributed by atoms with E-state index in [1.54, 1.807) is 24.3 Å². The van der Waals surface area contributed by atoms with E-state index in [1.165, 1.54) is 11.8 Å². The molecule has 0 saturated heterocycles. The van der Waals surface area contributed by atoms with E-state index in [0.717, 1.165) is 4.90 Å². The Hall–Kier alpha value is -1.21. The van der Waals surface area contributed by atoms with E-state index < -0.39 is 21.7 Å². The highest BCUT2D eigenvalue weighted by Crippen LogP contribution is 2.25. The van der Waals surface area contributed by atoms with E-state index in [4.69, 9.17) is 5.11 Å². The zero-order chi connectivity index (χ0) is 12.2. The third-order valence-electron chi connectivity index (χ3n) is 1.69. The van der Waals surface area contributed by atoms with Crippen molar-refractivity contribution >= 4 is 33.4 Å². The van der Waals surface area contributed by atoms with Crippen LogP contribution in [0, 0.1) is 0 Å². The van der Waals surface area contributed by atoms with Crippen molar-refractivity contribution in [3.8, 4) is 0 Å². The summed E-state index contributed by atoms with van der Waals surface area (Å²) in [4.78, 5) is 11.1. The molecule has 0 radical (unpaired) electrons. The topological polar surface area (TPSA) is 83.5 Å². The van der Waals surface area contributed by atoms with Crippen molar-refractivity contribution in [2.75, 3.05) is 16.7 Å². The van der Waals surface area contributed by atoms with Gasteiger partial charge in [-0.1, -0.05) is 12.1 Å². The molecule has 0 aromatic heterocycles. The molecule has 0 aliphatic heterocycles. The van der Waals surface area contributed by atoms with Crippen LogP contribution < -0.4 is 4.72 Å². The Morgan fingerprint density at radius 3 is 2.62 bits per heavy atom. The van der Waals surface area contributed by atoms with Gasteiger partial charge in [-0.25, -0.2) is 8.42 Å². The minimum Gasteiger partial charge on any atom is -0.480 e. The molecule has 0 amide bonds. The number of thioether (sulfide) groups is 1. The highest BCUT2D eigenvalue weighted by Gasteiger charge is 2.16. The first-order valence-corrected chi connectivity index (χ1v) is 7.17. The Morgan fingerprint density at radius 2 is 2.06 bits per heavy atom. The zero-order valence-corrected chi connectivity index (χ0v) is 10.1. The fourth-order valence-corrected chi connectivity index (χ4v) is 2.62. The van der Waals surface area contributed by atoms with Crippen LogP contribution in [0.25, 0.3) is 0 Å². The molecule has 0 unspecified atom stereocenters. The largest absolute Gasteiger partial charge is 0.480 e. The van der Waals surface area contributed by atoms with Crippen LogP contribution in [0.4, 0.5) is 5.69 Å². The second-order valence-corrected chi connectivity index (χ2v) is 5.53. The molecule has 16 heavy (non-hydrogen) atoms. The number of hydrogen-bond acceptors (Lipinski definition) is 4. The Kier molecular flexibility index (Phi) is 4.19. The van der Waals surface area contributed by atoms with Crippen molar-refractivity contribution in [1.82, 2.24) is 0 Å². The van der Waals surface area contributed by atoms with Gasteiger partial charge in [-0.2, -0.15) is 0 Å². The summed E-state index contributed by atoms with van der Waals surface area (Å²) in [6.45, 7) is 0. The minimum atomic E-state index is -3.83. The monoisotopic (exact) mass is 261 g/mol. The first kappa shape index (κ1) is 12.9. The van der Waals surface area contributed by atoms with Gasteiger partial charge in [0.25, 0.3) is 0 Å². The molecule has 0 aliphatic carbocycles. The summed E-state index contributed by atoms with van der Waals surface area (Å²) in [7, 11) is -3.83. The van der Waals surface area contributed by atoms with Crippen LogP contribution in [0.1, 0.15) is 0 Å². The fourth-order valence-electron chi connectivity index (χ4n) is 1.10. The van der Waals surface area contributed by atoms with Crippen molar-refractivity contribution < 1.29 is 18.3 Å². The smallest absolute Gasteiger partial charge is 0.320 e. The van der Waals surface area contributed by atoms with E-state index >= 15 is 0 Å². The second-order valence-electron chi connectivity index (χ2n) is 2.96. The average molecular weight is 261 g/mol. The van der Waals surface area contributed by atoms with Crippen molar-refractivity contribution in [3.63, 3.8) is 0 Å². The Morgan fingerprint density at radius 1 is 1.44 bits per heavy atom. The summed E-state index contributed by atoms with van der Waals surface area (Å²) in [6.07, 6.45) is 1.81. The maximum Gasteiger partial charge on any atom is 0.320 e. The highest BCUT2D eigenvalue weighted by molar-refractivity contribution is 7.99. The molecule has 0 spiro atoms. The summed E-state index contributed by atoms with van der Waals surface area (Å²) in [6, 6.07) is 6.80. The maximum absolute atomic E-state index is 11.4. The first-order valence-electron chi connectivity index (χ1n) is 4.30. The van der Waals surface area contributed by atoms with Gasteiger partial charge in [-0.05, 0) is 18.4 Å². The summed E-state index contributed by atoms with van der Waals surface area (Å²) in [5.74, 6) is -2.32. The van der Waals surface area contributed by atoms with E-state index in [2.05, 4.69) is 4.72 Å². The SMILES string of the molecule is CSc1ccccc1NS(=O)(=O)CC(=O)O. The fraction of sp³-hybridized carbons (Fsp3) is 0.222. The molecule has 0 atom stereocenters. The number of nitrogens with one attached hydrogen (secondary N) is 1. The lowest BCUT2D eigenvalue weighted by molar-refractivity contribution is -0.134. The maximum atomic E-state index is 11.4. The molecule has 2 N–H and O–H groups in total. The number of sulfonamides is 1. The van der Waals surface area contributed by atoms with Gasteiger partial charge < -0.3 is 5.11 Å². The Balaban J connectivity index is 2.92. The van der Waals surface area contributed by atoms with Gasteiger partial charge in [0.1, 0.15) is 0 Å². The highest BCUT2D eigenvalue weighted by atomic mass is 32.2. The van der Waals surface area contributed by atoms with Gasteiger partial charge in [0, 0.05) is 4.90 Å². The molecular weight excluding hydrogens is 250 g/mol. The minimum absolute atomic E-state index is 0.399. The number of para-hydroxylation sites is 1. The van der Waals surface area contributed by atoms with Crippen molar-refractivity contribution in [3.05, 3.63) is 24.3 Å². The summed E-state index contributed by atoms with van der Waals surface area (Å²) in [5, 5.41) is 8.43. The lowest BCUT2D eigenvalue weighted by Gasteiger charge is -2.09. The quantitative estimate of drug-likeness (QED) is 0.779. The number of carboxylic acids is 1. The molecule has 0 bridgehead atoms. The van der Waals surface area contributed by atoms with Crippen molar-refractivity contribution in [2.45, 2.75) is 4.90 Å². The molecule has 0 aliphatic rings. The number of carboxylic acid groups (broad SMARTS) is 1. The van der Waals surface area contributed by atoms with Crippen molar-refractivity contribution in [2.24, 2.45) is 0 Å². The van der Waals surface area contributed by atoms with Gasteiger partial charge in [-0.3, -0.25) is 9.52 Å². The van der Waals surface area contributed by atoms with Crippen molar-refractivity contribution in [1.29, 1.82) is 0 Å². The average Bonchev–Trinajstić information content (AvgIpc) is 2.15. The van der Waals surface area contributed by atoms with Crippen LogP contribution in [0.2, 0.25) is 0 Å². The molecule has 1 aromatic carbocycles. The van der Waals surface area contributed by atoms with Gasteiger partial charge in [0.2, 0.25) is 10.0 Å². The lowest BCUT2D eigenvalue weighted by Crippen LogP contribution is -2.22. The van der Waals surface area contributed by atoms with E-state index in [1.807, 2.05) is 6.26 Å². The molecule has 0 saturated carbocycles. The standard InChI is InChI=1S/C9H11NO4S2/c1-15-8-5-3-2-4-7(8)10-16(13,14)6-9(11)12/h2-5,10H,6H2,1H3,(H,11,12). The summed E-state index contributed by atoms with van der Waals surface area (Å²) in [5.41, 5.74) is 0.399. The number of rotatable bonds is 5. The van der Waals surface area contributed by atoms with Crippen LogP contribution in [0.15, 0.2) is 29.2 Å². The predicted octanol–water partition coefficient (Wildman–Crippen LogP) is 1.23. The number of hydrogen-bond donors (Lipinski definition) is 2. The van der Waals surface area contributed by atoms with E-state index in [0.29, 0.717) is 5.69 Å². The molecule has 88 valence electrons. The molecule has 5 nitrogen and oxygen atoms in total. The number of aliphatic carboxylic acids is 1. The van der Waals surface area contributed by atoms with E-state index in [9.17, 15) is 13.2 Å². The molecule has 0 fully saturated rings. The number of benzene rings is 1. The van der Waals surface area contributed by atoms with Gasteiger partial charge in [0.15, 0.2) is 5.75 Å². The molecule has 7 heteroatoms. The van der Waals surface area contributed by atoms with Crippen LogP contribution in [0.3, 0.4) is 0 Å². The molecule has 1 aromatic rings. The third-order valence-corrected chi connectivity index (χ3v) is 3.64. The van der Waals surface area contributed by atoms with Crippen LogP contribution >= 0.6 is 11.8 Å².